The van der Waals surface area contributed by atoms with E-state index in [1.54, 1.807) is 16.4 Å². The van der Waals surface area contributed by atoms with Crippen molar-refractivity contribution >= 4 is 17.7 Å². The Morgan fingerprint density at radius 1 is 1.43 bits per heavy atom. The molecule has 0 aliphatic carbocycles. The lowest BCUT2D eigenvalue weighted by molar-refractivity contribution is -0.147. The molecule has 3 unspecified atom stereocenters. The van der Waals surface area contributed by atoms with E-state index in [1.165, 1.54) is 0 Å². The first-order chi connectivity index (χ1) is 10.9. The predicted octanol–water partition coefficient (Wildman–Crippen LogP) is 0.685. The van der Waals surface area contributed by atoms with Crippen LogP contribution in [0.1, 0.15) is 37.2 Å². The molecule has 4 rings (SSSR count). The molecule has 4 heterocycles. The Balaban J connectivity index is 1.68. The normalized spacial score (nSPS) is 28.8. The summed E-state index contributed by atoms with van der Waals surface area (Å²) >= 11 is 1.70. The maximum absolute atomic E-state index is 12.2. The number of tetrazole rings is 1. The third-order valence-corrected chi connectivity index (χ3v) is 5.98. The maximum atomic E-state index is 12.2. The van der Waals surface area contributed by atoms with Crippen LogP contribution in [-0.4, -0.2) is 47.2 Å². The van der Waals surface area contributed by atoms with Crippen LogP contribution in [0.5, 0.6) is 0 Å². The van der Waals surface area contributed by atoms with Gasteiger partial charge in [-0.25, -0.2) is 4.68 Å². The molecule has 3 atom stereocenters. The highest BCUT2D eigenvalue weighted by Crippen LogP contribution is 2.56. The number of thioether (sulfide) groups is 1. The summed E-state index contributed by atoms with van der Waals surface area (Å²) in [6, 6.07) is 3.18. The van der Waals surface area contributed by atoms with Gasteiger partial charge in [0.1, 0.15) is 35.5 Å². The number of hydrogen-bond acceptors (Lipinski definition) is 7. The number of carbonyl (C=O) groups is 1. The Morgan fingerprint density at radius 3 is 2.91 bits per heavy atom. The van der Waals surface area contributed by atoms with Crippen molar-refractivity contribution in [3.05, 3.63) is 29.5 Å². The van der Waals surface area contributed by atoms with Gasteiger partial charge >= 0.3 is 0 Å². The summed E-state index contributed by atoms with van der Waals surface area (Å²) in [5.41, 5.74) is 5.92. The molecule has 2 aliphatic rings. The van der Waals surface area contributed by atoms with Crippen molar-refractivity contribution in [2.24, 2.45) is 5.73 Å². The molecule has 2 fully saturated rings. The first-order valence-electron chi connectivity index (χ1n) is 7.45. The predicted molar refractivity (Wildman–Crippen MR) is 83.4 cm³/mol. The molecule has 0 bridgehead atoms. The van der Waals surface area contributed by atoms with Gasteiger partial charge in [0.25, 0.3) is 0 Å². The first kappa shape index (κ1) is 14.7. The molecule has 122 valence electrons. The molecule has 1 amide bonds. The number of β-lactam (4-membered cyclic amide) rings is 1. The molecule has 0 aromatic carbocycles. The number of nitrogens with zero attached hydrogens (tertiary/aromatic N) is 5. The zero-order valence-electron chi connectivity index (χ0n) is 13.1. The van der Waals surface area contributed by atoms with E-state index in [1.807, 2.05) is 24.0 Å². The van der Waals surface area contributed by atoms with Crippen molar-refractivity contribution in [2.75, 3.05) is 0 Å². The van der Waals surface area contributed by atoms with Crippen LogP contribution < -0.4 is 5.73 Å². The van der Waals surface area contributed by atoms with Gasteiger partial charge in [0.15, 0.2) is 5.82 Å². The molecule has 0 spiro atoms. The van der Waals surface area contributed by atoms with E-state index in [2.05, 4.69) is 29.4 Å². The number of amides is 1. The molecule has 2 aromatic rings. The van der Waals surface area contributed by atoms with Crippen molar-refractivity contribution < 1.29 is 9.21 Å². The molecule has 2 aliphatic heterocycles. The van der Waals surface area contributed by atoms with Gasteiger partial charge in [0.2, 0.25) is 5.91 Å². The molecule has 8 nitrogen and oxygen atoms in total. The molecule has 2 saturated heterocycles. The SMILES string of the molecule is Cc1ccc(Cn2nnnc2C2N3C(=O)C(N)C3SC2(C)C)o1. The van der Waals surface area contributed by atoms with Crippen LogP contribution in [0.15, 0.2) is 16.5 Å². The van der Waals surface area contributed by atoms with Crippen LogP contribution in [0, 0.1) is 6.92 Å². The van der Waals surface area contributed by atoms with Crippen molar-refractivity contribution in [1.29, 1.82) is 0 Å². The van der Waals surface area contributed by atoms with E-state index in [9.17, 15) is 4.79 Å². The Hall–Kier alpha value is -1.87. The largest absolute Gasteiger partial charge is 0.464 e. The monoisotopic (exact) mass is 334 g/mol. The number of carbonyl (C=O) groups excluding carboxylic acids is 1. The molecular weight excluding hydrogens is 316 g/mol. The number of aromatic nitrogens is 4. The highest BCUT2D eigenvalue weighted by Gasteiger charge is 2.62. The minimum atomic E-state index is -0.429. The van der Waals surface area contributed by atoms with Crippen molar-refractivity contribution in [1.82, 2.24) is 25.1 Å². The number of fused-ring (bicyclic) bond motifs is 1. The minimum absolute atomic E-state index is 0.00138. The molecule has 9 heteroatoms. The lowest BCUT2D eigenvalue weighted by atomic mass is 9.95. The van der Waals surface area contributed by atoms with Crippen LogP contribution in [0.2, 0.25) is 0 Å². The summed E-state index contributed by atoms with van der Waals surface area (Å²) in [6.07, 6.45) is 0. The van der Waals surface area contributed by atoms with Gasteiger partial charge in [-0.1, -0.05) is 0 Å². The molecule has 0 radical (unpaired) electrons. The summed E-state index contributed by atoms with van der Waals surface area (Å²) in [4.78, 5) is 14.0. The number of furan rings is 1. The fourth-order valence-electron chi connectivity index (χ4n) is 3.30. The maximum Gasteiger partial charge on any atom is 0.244 e. The molecular formula is C14H18N6O2S. The van der Waals surface area contributed by atoms with E-state index in [0.717, 1.165) is 11.5 Å². The number of rotatable bonds is 3. The summed E-state index contributed by atoms with van der Waals surface area (Å²) < 4.78 is 7.10. The smallest absolute Gasteiger partial charge is 0.244 e. The van der Waals surface area contributed by atoms with Gasteiger partial charge in [-0.3, -0.25) is 4.79 Å². The summed E-state index contributed by atoms with van der Waals surface area (Å²) in [6.45, 7) is 6.52. The molecule has 23 heavy (non-hydrogen) atoms. The highest BCUT2D eigenvalue weighted by molar-refractivity contribution is 8.01. The fourth-order valence-corrected chi connectivity index (χ4v) is 4.87. The van der Waals surface area contributed by atoms with Crippen LogP contribution in [0.4, 0.5) is 0 Å². The van der Waals surface area contributed by atoms with Crippen LogP contribution in [0.3, 0.4) is 0 Å². The lowest BCUT2D eigenvalue weighted by Crippen LogP contribution is -2.65. The third kappa shape index (κ3) is 2.10. The molecule has 2 N–H and O–H groups in total. The van der Waals surface area contributed by atoms with Gasteiger partial charge in [-0.2, -0.15) is 0 Å². The van der Waals surface area contributed by atoms with Crippen LogP contribution in [-0.2, 0) is 11.3 Å². The summed E-state index contributed by atoms with van der Waals surface area (Å²) in [5.74, 6) is 2.25. The second kappa shape index (κ2) is 4.81. The Morgan fingerprint density at radius 2 is 2.22 bits per heavy atom. The van der Waals surface area contributed by atoms with E-state index < -0.39 is 6.04 Å². The van der Waals surface area contributed by atoms with E-state index >= 15 is 0 Å². The number of nitrogens with two attached hydrogens (primary N) is 1. The van der Waals surface area contributed by atoms with Crippen LogP contribution >= 0.6 is 11.8 Å². The van der Waals surface area contributed by atoms with Crippen molar-refractivity contribution in [3.8, 4) is 0 Å². The summed E-state index contributed by atoms with van der Waals surface area (Å²) in [7, 11) is 0. The number of aryl methyl sites for hydroxylation is 1. The Kier molecular flexibility index (Phi) is 3.08. The molecule has 2 aromatic heterocycles. The van der Waals surface area contributed by atoms with E-state index in [4.69, 9.17) is 10.2 Å². The zero-order valence-corrected chi connectivity index (χ0v) is 13.9. The Labute approximate surface area is 137 Å². The topological polar surface area (TPSA) is 103 Å². The Bertz CT molecular complexity index is 769. The van der Waals surface area contributed by atoms with E-state index in [-0.39, 0.29) is 22.1 Å². The summed E-state index contributed by atoms with van der Waals surface area (Å²) in [5, 5.41) is 12.1. The van der Waals surface area contributed by atoms with Gasteiger partial charge in [0.05, 0.1) is 0 Å². The third-order valence-electron chi connectivity index (χ3n) is 4.39. The average Bonchev–Trinajstić information content (AvgIpc) is 3.16. The van der Waals surface area contributed by atoms with E-state index in [0.29, 0.717) is 12.4 Å². The lowest BCUT2D eigenvalue weighted by Gasteiger charge is -2.42. The first-order valence-corrected chi connectivity index (χ1v) is 8.33. The second-order valence-electron chi connectivity index (χ2n) is 6.49. The molecule has 0 saturated carbocycles. The van der Waals surface area contributed by atoms with Gasteiger partial charge in [-0.15, -0.1) is 16.9 Å². The minimum Gasteiger partial charge on any atom is -0.464 e. The average molecular weight is 334 g/mol. The van der Waals surface area contributed by atoms with Crippen molar-refractivity contribution in [2.45, 2.75) is 49.5 Å². The highest BCUT2D eigenvalue weighted by atomic mass is 32.2. The standard InChI is InChI=1S/C14H18N6O2S/c1-7-4-5-8(22-7)6-19-11(16-17-18-19)10-14(2,3)23-13-9(15)12(21)20(10)13/h4-5,9-10,13H,6,15H2,1-3H3. The van der Waals surface area contributed by atoms with Gasteiger partial charge in [-0.05, 0) is 43.3 Å². The quantitative estimate of drug-likeness (QED) is 0.823. The second-order valence-corrected chi connectivity index (χ2v) is 8.26. The van der Waals surface area contributed by atoms with Gasteiger partial charge in [0, 0.05) is 4.75 Å². The van der Waals surface area contributed by atoms with Gasteiger partial charge < -0.3 is 15.1 Å². The number of hydrogen-bond donors (Lipinski definition) is 1. The zero-order chi connectivity index (χ0) is 16.4. The van der Waals surface area contributed by atoms with Crippen LogP contribution in [0.25, 0.3) is 0 Å². The fraction of sp³-hybridized carbons (Fsp3) is 0.571. The van der Waals surface area contributed by atoms with Crippen molar-refractivity contribution in [3.63, 3.8) is 0 Å².